The molecule has 4 aromatic carbocycles. The monoisotopic (exact) mass is 521 g/mol. The van der Waals surface area contributed by atoms with Crippen LogP contribution in [0.2, 0.25) is 0 Å². The Hall–Kier alpha value is -3.48. The third-order valence-electron chi connectivity index (χ3n) is 7.73. The fraction of sp³-hybridized carbons (Fsp3) is 0.294. The standard InChI is InChI=1S/C34H35NO4/c1-24-18-29-31(19-25(24)2)39-35-30(23-36-20-26-12-6-3-7-13-26)33(37-21-27-14-8-4-9-15-27)34(32(29)35)38-22-28-16-10-5-11-17-28/h3-19,30,32-34H,20-23H2,1-2H3/t30-,32+,33+,34+/m0/s1. The van der Waals surface area contributed by atoms with Gasteiger partial charge in [0.25, 0.3) is 0 Å². The highest BCUT2D eigenvalue weighted by Crippen LogP contribution is 2.49. The number of fused-ring (bicyclic) bond motifs is 3. The first kappa shape index (κ1) is 25.8. The molecule has 4 atom stereocenters. The predicted octanol–water partition coefficient (Wildman–Crippen LogP) is 6.72. The van der Waals surface area contributed by atoms with Crippen molar-refractivity contribution in [1.82, 2.24) is 5.06 Å². The third-order valence-corrected chi connectivity index (χ3v) is 7.73. The normalized spacial score (nSPS) is 21.9. The van der Waals surface area contributed by atoms with E-state index in [2.05, 4.69) is 67.4 Å². The molecule has 4 aromatic rings. The zero-order valence-corrected chi connectivity index (χ0v) is 22.5. The van der Waals surface area contributed by atoms with Crippen molar-refractivity contribution in [3.8, 4) is 5.75 Å². The van der Waals surface area contributed by atoms with E-state index in [0.717, 1.165) is 28.0 Å². The summed E-state index contributed by atoms with van der Waals surface area (Å²) in [6.45, 7) is 6.25. The summed E-state index contributed by atoms with van der Waals surface area (Å²) in [5.41, 5.74) is 7.01. The Bertz CT molecular complexity index is 1360. The lowest BCUT2D eigenvalue weighted by molar-refractivity contribution is -0.125. The second-order valence-electron chi connectivity index (χ2n) is 10.5. The molecule has 200 valence electrons. The molecule has 0 aliphatic carbocycles. The van der Waals surface area contributed by atoms with Crippen LogP contribution < -0.4 is 4.84 Å². The summed E-state index contributed by atoms with van der Waals surface area (Å²) >= 11 is 0. The fourth-order valence-corrected chi connectivity index (χ4v) is 5.53. The molecule has 39 heavy (non-hydrogen) atoms. The van der Waals surface area contributed by atoms with Crippen molar-refractivity contribution in [2.45, 2.75) is 58.0 Å². The second-order valence-corrected chi connectivity index (χ2v) is 10.5. The molecule has 0 N–H and O–H groups in total. The molecule has 2 aliphatic heterocycles. The Labute approximate surface area is 230 Å². The average molecular weight is 522 g/mol. The SMILES string of the molecule is Cc1cc2c(cc1C)[C@@H]1[C@@H](OCc3ccccc3)[C@H](OCc3ccccc3)[C@H](COCc3ccccc3)N1O2. The van der Waals surface area contributed by atoms with E-state index in [4.69, 9.17) is 19.0 Å². The predicted molar refractivity (Wildman–Crippen MR) is 151 cm³/mol. The van der Waals surface area contributed by atoms with Gasteiger partial charge in [0.1, 0.15) is 18.2 Å². The Morgan fingerprint density at radius 2 is 1.15 bits per heavy atom. The molecule has 1 fully saturated rings. The molecule has 0 radical (unpaired) electrons. The van der Waals surface area contributed by atoms with Crippen LogP contribution in [0.5, 0.6) is 5.75 Å². The summed E-state index contributed by atoms with van der Waals surface area (Å²) in [7, 11) is 0. The molecule has 0 amide bonds. The number of ether oxygens (including phenoxy) is 3. The average Bonchev–Trinajstić information content (AvgIpc) is 3.46. The summed E-state index contributed by atoms with van der Waals surface area (Å²) in [4.78, 5) is 6.54. The van der Waals surface area contributed by atoms with Gasteiger partial charge in [0, 0.05) is 5.56 Å². The summed E-state index contributed by atoms with van der Waals surface area (Å²) < 4.78 is 19.7. The Balaban J connectivity index is 1.30. The fourth-order valence-electron chi connectivity index (χ4n) is 5.53. The van der Waals surface area contributed by atoms with Crippen molar-refractivity contribution in [3.05, 3.63) is 137 Å². The first-order valence-electron chi connectivity index (χ1n) is 13.7. The minimum Gasteiger partial charge on any atom is -0.404 e. The number of hydrogen-bond acceptors (Lipinski definition) is 5. The Morgan fingerprint density at radius 1 is 0.641 bits per heavy atom. The number of aryl methyl sites for hydroxylation is 2. The molecule has 0 saturated carbocycles. The van der Waals surface area contributed by atoms with Gasteiger partial charge in [-0.15, -0.1) is 5.06 Å². The molecular formula is C34H35NO4. The quantitative estimate of drug-likeness (QED) is 0.232. The lowest BCUT2D eigenvalue weighted by atomic mass is 9.96. The molecule has 5 heteroatoms. The first-order chi connectivity index (χ1) is 19.2. The zero-order chi connectivity index (χ0) is 26.6. The second kappa shape index (κ2) is 11.7. The summed E-state index contributed by atoms with van der Waals surface area (Å²) in [5, 5.41) is 2.07. The van der Waals surface area contributed by atoms with Crippen molar-refractivity contribution in [1.29, 1.82) is 0 Å². The summed E-state index contributed by atoms with van der Waals surface area (Å²) in [5.74, 6) is 0.894. The maximum Gasteiger partial charge on any atom is 0.152 e. The van der Waals surface area contributed by atoms with Gasteiger partial charge in [0.2, 0.25) is 0 Å². The summed E-state index contributed by atoms with van der Waals surface area (Å²) in [6, 6.07) is 35.0. The van der Waals surface area contributed by atoms with Gasteiger partial charge in [-0.3, -0.25) is 0 Å². The minimum absolute atomic E-state index is 0.0888. The largest absolute Gasteiger partial charge is 0.404 e. The third kappa shape index (κ3) is 5.63. The molecule has 0 unspecified atom stereocenters. The van der Waals surface area contributed by atoms with Crippen LogP contribution in [0.15, 0.2) is 103 Å². The van der Waals surface area contributed by atoms with Gasteiger partial charge >= 0.3 is 0 Å². The Morgan fingerprint density at radius 3 is 1.74 bits per heavy atom. The molecule has 5 nitrogen and oxygen atoms in total. The molecule has 0 aromatic heterocycles. The van der Waals surface area contributed by atoms with E-state index in [9.17, 15) is 0 Å². The Kier molecular flexibility index (Phi) is 7.75. The number of rotatable bonds is 10. The van der Waals surface area contributed by atoms with Crippen molar-refractivity contribution in [3.63, 3.8) is 0 Å². The molecule has 1 saturated heterocycles. The maximum absolute atomic E-state index is 6.72. The molecule has 2 heterocycles. The van der Waals surface area contributed by atoms with Crippen LogP contribution in [-0.2, 0) is 34.0 Å². The first-order valence-corrected chi connectivity index (χ1v) is 13.7. The number of benzene rings is 4. The number of hydroxylamine groups is 2. The van der Waals surface area contributed by atoms with Crippen LogP contribution in [0.4, 0.5) is 0 Å². The van der Waals surface area contributed by atoms with Crippen molar-refractivity contribution >= 4 is 0 Å². The van der Waals surface area contributed by atoms with E-state index in [-0.39, 0.29) is 24.3 Å². The van der Waals surface area contributed by atoms with Crippen LogP contribution >= 0.6 is 0 Å². The molecular weight excluding hydrogens is 486 g/mol. The van der Waals surface area contributed by atoms with E-state index in [1.165, 1.54) is 11.1 Å². The molecule has 0 bridgehead atoms. The highest BCUT2D eigenvalue weighted by atomic mass is 16.7. The van der Waals surface area contributed by atoms with Crippen molar-refractivity contribution < 1.29 is 19.0 Å². The smallest absolute Gasteiger partial charge is 0.152 e. The molecule has 0 spiro atoms. The van der Waals surface area contributed by atoms with Gasteiger partial charge in [-0.1, -0.05) is 97.1 Å². The van der Waals surface area contributed by atoms with Crippen molar-refractivity contribution in [2.24, 2.45) is 0 Å². The lowest BCUT2D eigenvalue weighted by Crippen LogP contribution is -2.42. The van der Waals surface area contributed by atoms with E-state index >= 15 is 0 Å². The molecule has 6 rings (SSSR count). The number of hydrogen-bond donors (Lipinski definition) is 0. The topological polar surface area (TPSA) is 40.2 Å². The van der Waals surface area contributed by atoms with Gasteiger partial charge in [0.15, 0.2) is 5.75 Å². The summed E-state index contributed by atoms with van der Waals surface area (Å²) in [6.07, 6.45) is -0.480. The van der Waals surface area contributed by atoms with Crippen LogP contribution in [0.3, 0.4) is 0 Å². The van der Waals surface area contributed by atoms with Gasteiger partial charge in [-0.25, -0.2) is 0 Å². The zero-order valence-electron chi connectivity index (χ0n) is 22.5. The highest BCUT2D eigenvalue weighted by Gasteiger charge is 2.56. The van der Waals surface area contributed by atoms with Gasteiger partial charge in [-0.2, -0.15) is 0 Å². The van der Waals surface area contributed by atoms with E-state index in [1.807, 2.05) is 54.6 Å². The van der Waals surface area contributed by atoms with Crippen molar-refractivity contribution in [2.75, 3.05) is 6.61 Å². The minimum atomic E-state index is -0.246. The molecule has 2 aliphatic rings. The van der Waals surface area contributed by atoms with E-state index in [0.29, 0.717) is 26.4 Å². The van der Waals surface area contributed by atoms with E-state index in [1.54, 1.807) is 0 Å². The van der Waals surface area contributed by atoms with Crippen LogP contribution in [0.25, 0.3) is 0 Å². The van der Waals surface area contributed by atoms with Gasteiger partial charge in [-0.05, 0) is 47.7 Å². The highest BCUT2D eigenvalue weighted by molar-refractivity contribution is 5.47. The van der Waals surface area contributed by atoms with E-state index < -0.39 is 0 Å². The van der Waals surface area contributed by atoms with Crippen LogP contribution in [0.1, 0.15) is 39.4 Å². The van der Waals surface area contributed by atoms with Crippen LogP contribution in [0, 0.1) is 13.8 Å². The number of nitrogens with zero attached hydrogens (tertiary/aromatic N) is 1. The lowest BCUT2D eigenvalue weighted by Gasteiger charge is -2.27. The maximum atomic E-state index is 6.72. The van der Waals surface area contributed by atoms with Crippen LogP contribution in [-0.4, -0.2) is 29.9 Å². The van der Waals surface area contributed by atoms with Gasteiger partial charge in [0.05, 0.1) is 32.5 Å². The van der Waals surface area contributed by atoms with Gasteiger partial charge < -0.3 is 19.0 Å².